The monoisotopic (exact) mass is 390 g/mol. The van der Waals surface area contributed by atoms with E-state index in [-0.39, 0.29) is 11.9 Å². The van der Waals surface area contributed by atoms with Gasteiger partial charge in [0.1, 0.15) is 12.2 Å². The Hall–Kier alpha value is -2.23. The van der Waals surface area contributed by atoms with Gasteiger partial charge in [0.25, 0.3) is 0 Å². The first-order valence-electron chi connectivity index (χ1n) is 7.18. The van der Waals surface area contributed by atoms with Gasteiger partial charge in [-0.25, -0.2) is 0 Å². The van der Waals surface area contributed by atoms with Gasteiger partial charge in [-0.3, -0.25) is 4.79 Å². The Bertz CT molecular complexity index is 787. The van der Waals surface area contributed by atoms with Crippen LogP contribution in [-0.4, -0.2) is 39.3 Å². The van der Waals surface area contributed by atoms with Crippen molar-refractivity contribution < 1.29 is 23.7 Å². The minimum atomic E-state index is -0.504. The number of ether oxygens (including phenoxy) is 4. The molecule has 0 aliphatic carbocycles. The molecule has 6 heteroatoms. The molecule has 2 aliphatic heterocycles. The molecule has 3 rings (SSSR count). The van der Waals surface area contributed by atoms with Gasteiger partial charge in [-0.15, -0.1) is 0 Å². The van der Waals surface area contributed by atoms with Crippen molar-refractivity contribution in [2.45, 2.75) is 12.2 Å². The van der Waals surface area contributed by atoms with Gasteiger partial charge in [-0.2, -0.15) is 0 Å². The number of benzene rings is 1. The predicted molar refractivity (Wildman–Crippen MR) is 91.7 cm³/mol. The van der Waals surface area contributed by atoms with E-state index in [1.807, 2.05) is 6.08 Å². The number of fused-ring (bicyclic) bond motifs is 2. The van der Waals surface area contributed by atoms with Crippen LogP contribution >= 0.6 is 15.9 Å². The summed E-state index contributed by atoms with van der Waals surface area (Å²) in [5.41, 5.74) is 1.28. The number of halogens is 1. The number of rotatable bonds is 3. The van der Waals surface area contributed by atoms with Crippen LogP contribution in [0.15, 0.2) is 34.3 Å². The Balaban J connectivity index is 2.01. The highest BCUT2D eigenvalue weighted by Crippen LogP contribution is 2.38. The molecular formula is C18H15BrO5. The normalized spacial score (nSPS) is 21.4. The molecule has 0 radical (unpaired) electrons. The van der Waals surface area contributed by atoms with Crippen LogP contribution < -0.4 is 14.2 Å². The summed E-state index contributed by atoms with van der Waals surface area (Å²) < 4.78 is 22.0. The van der Waals surface area contributed by atoms with Crippen molar-refractivity contribution >= 4 is 21.7 Å². The number of hydrogen-bond acceptors (Lipinski definition) is 5. The van der Waals surface area contributed by atoms with Crippen molar-refractivity contribution in [3.8, 4) is 29.1 Å². The lowest BCUT2D eigenvalue weighted by Gasteiger charge is -2.20. The van der Waals surface area contributed by atoms with Crippen LogP contribution in [0.1, 0.15) is 5.56 Å². The summed E-state index contributed by atoms with van der Waals surface area (Å²) in [5.74, 6) is 7.47. The molecule has 2 atom stereocenters. The third kappa shape index (κ3) is 2.81. The smallest absolute Gasteiger partial charge is 0.203 e. The summed E-state index contributed by atoms with van der Waals surface area (Å²) in [6.45, 7) is 0. The molecule has 0 spiro atoms. The van der Waals surface area contributed by atoms with E-state index in [1.165, 1.54) is 0 Å². The Morgan fingerprint density at radius 3 is 2.21 bits per heavy atom. The minimum Gasteiger partial charge on any atom is -0.493 e. The Morgan fingerprint density at radius 1 is 1.00 bits per heavy atom. The van der Waals surface area contributed by atoms with Crippen molar-refractivity contribution in [2.24, 2.45) is 0 Å². The van der Waals surface area contributed by atoms with Crippen molar-refractivity contribution in [3.63, 3.8) is 0 Å². The van der Waals surface area contributed by atoms with Crippen LogP contribution in [0.3, 0.4) is 0 Å². The van der Waals surface area contributed by atoms with Gasteiger partial charge in [0.2, 0.25) is 11.5 Å². The highest BCUT2D eigenvalue weighted by molar-refractivity contribution is 9.12. The first-order valence-corrected chi connectivity index (χ1v) is 7.98. The summed E-state index contributed by atoms with van der Waals surface area (Å²) >= 11 is 3.33. The number of carbonyl (C=O) groups is 1. The molecule has 2 bridgehead atoms. The van der Waals surface area contributed by atoms with Gasteiger partial charge < -0.3 is 18.9 Å². The summed E-state index contributed by atoms with van der Waals surface area (Å²) in [4.78, 5) is 12.1. The van der Waals surface area contributed by atoms with E-state index < -0.39 is 6.10 Å². The molecule has 1 aromatic rings. The Labute approximate surface area is 148 Å². The van der Waals surface area contributed by atoms with Gasteiger partial charge in [0.05, 0.1) is 31.4 Å². The fraction of sp³-hybridized carbons (Fsp3) is 0.278. The molecule has 0 saturated heterocycles. The fourth-order valence-corrected chi connectivity index (χ4v) is 3.12. The van der Waals surface area contributed by atoms with E-state index in [1.54, 1.807) is 39.5 Å². The largest absolute Gasteiger partial charge is 0.493 e. The van der Waals surface area contributed by atoms with Crippen LogP contribution in [0.2, 0.25) is 0 Å². The average Bonchev–Trinajstić information content (AvgIpc) is 3.05. The van der Waals surface area contributed by atoms with E-state index in [0.717, 1.165) is 0 Å². The molecule has 124 valence electrons. The van der Waals surface area contributed by atoms with Gasteiger partial charge in [-0.1, -0.05) is 17.9 Å². The molecule has 2 heterocycles. The van der Waals surface area contributed by atoms with Gasteiger partial charge in [-0.05, 0) is 34.1 Å². The fourth-order valence-electron chi connectivity index (χ4n) is 2.57. The zero-order chi connectivity index (χ0) is 17.3. The minimum absolute atomic E-state index is 0.116. The standard InChI is InChI=1S/C18H15BrO5/c1-21-14-8-10(9-15(22-2)18(14)23-3)4-5-11-12-6-7-13(24-12)17(20)16(11)19/h6-9,12-13H,1-3H3/t12-,13+/m1/s1. The van der Waals surface area contributed by atoms with Crippen LogP contribution in [-0.2, 0) is 9.53 Å². The Morgan fingerprint density at radius 2 is 1.62 bits per heavy atom. The molecule has 0 amide bonds. The Kier molecular flexibility index (Phi) is 4.65. The average molecular weight is 391 g/mol. The van der Waals surface area contributed by atoms with E-state index in [4.69, 9.17) is 18.9 Å². The molecule has 5 nitrogen and oxygen atoms in total. The molecule has 24 heavy (non-hydrogen) atoms. The summed E-state index contributed by atoms with van der Waals surface area (Å²) in [5, 5.41) is 0. The number of methoxy groups -OCH3 is 3. The molecule has 2 aliphatic rings. The predicted octanol–water partition coefficient (Wildman–Crippen LogP) is 2.62. The molecule has 0 saturated carbocycles. The van der Waals surface area contributed by atoms with E-state index >= 15 is 0 Å². The third-order valence-corrected chi connectivity index (χ3v) is 4.57. The maximum atomic E-state index is 12.1. The van der Waals surface area contributed by atoms with Crippen LogP contribution in [0, 0.1) is 11.8 Å². The number of hydrogen-bond donors (Lipinski definition) is 0. The quantitative estimate of drug-likeness (QED) is 0.586. The van der Waals surface area contributed by atoms with E-state index in [0.29, 0.717) is 32.9 Å². The van der Waals surface area contributed by atoms with Gasteiger partial charge in [0.15, 0.2) is 11.5 Å². The first kappa shape index (κ1) is 16.6. The highest BCUT2D eigenvalue weighted by Gasteiger charge is 2.36. The number of Topliss-reactive ketones (excluding diaryl/α,β-unsaturated/α-hetero) is 1. The van der Waals surface area contributed by atoms with E-state index in [2.05, 4.69) is 27.8 Å². The summed E-state index contributed by atoms with van der Waals surface area (Å²) in [6.07, 6.45) is 2.80. The number of ketones is 1. The topological polar surface area (TPSA) is 54.0 Å². The van der Waals surface area contributed by atoms with Gasteiger partial charge in [0, 0.05) is 5.56 Å². The molecule has 1 aromatic carbocycles. The maximum Gasteiger partial charge on any atom is 0.203 e. The van der Waals surface area contributed by atoms with Crippen LogP contribution in [0.5, 0.6) is 17.2 Å². The number of carbonyl (C=O) groups excluding carboxylic acids is 1. The third-order valence-electron chi connectivity index (χ3n) is 3.76. The second-order valence-electron chi connectivity index (χ2n) is 5.12. The SMILES string of the molecule is COc1cc(C#CC2=C(Br)C(=O)[C@@H]3C=C[C@H]2O3)cc(OC)c1OC. The maximum absolute atomic E-state index is 12.1. The highest BCUT2D eigenvalue weighted by atomic mass is 79.9. The molecule has 0 aromatic heterocycles. The van der Waals surface area contributed by atoms with Crippen molar-refractivity contribution in [2.75, 3.05) is 21.3 Å². The second-order valence-corrected chi connectivity index (χ2v) is 5.91. The van der Waals surface area contributed by atoms with Crippen molar-refractivity contribution in [3.05, 3.63) is 39.9 Å². The lowest BCUT2D eigenvalue weighted by atomic mass is 10.1. The molecule has 0 unspecified atom stereocenters. The lowest BCUT2D eigenvalue weighted by Crippen LogP contribution is -2.29. The molecular weight excluding hydrogens is 376 g/mol. The zero-order valence-corrected chi connectivity index (χ0v) is 15.0. The van der Waals surface area contributed by atoms with Gasteiger partial charge >= 0.3 is 0 Å². The molecule has 0 fully saturated rings. The summed E-state index contributed by atoms with van der Waals surface area (Å²) in [6, 6.07) is 3.50. The van der Waals surface area contributed by atoms with E-state index in [9.17, 15) is 4.79 Å². The summed E-state index contributed by atoms with van der Waals surface area (Å²) in [7, 11) is 4.64. The van der Waals surface area contributed by atoms with Crippen LogP contribution in [0.4, 0.5) is 0 Å². The first-order chi connectivity index (χ1) is 11.6. The lowest BCUT2D eigenvalue weighted by molar-refractivity contribution is -0.124. The van der Waals surface area contributed by atoms with Crippen molar-refractivity contribution in [1.82, 2.24) is 0 Å². The molecule has 0 N–H and O–H groups in total. The van der Waals surface area contributed by atoms with Crippen LogP contribution in [0.25, 0.3) is 0 Å². The second kappa shape index (κ2) is 6.71. The van der Waals surface area contributed by atoms with Crippen molar-refractivity contribution in [1.29, 1.82) is 0 Å². The zero-order valence-electron chi connectivity index (χ0n) is 13.4.